The molecule has 5 nitrogen and oxygen atoms in total. The summed E-state index contributed by atoms with van der Waals surface area (Å²) in [5.74, 6) is 0.146. The fraction of sp³-hybridized carbons (Fsp3) is 0.263. The minimum absolute atomic E-state index is 0.0744. The Morgan fingerprint density at radius 2 is 1.67 bits per heavy atom. The second-order valence-electron chi connectivity index (χ2n) is 5.81. The lowest BCUT2D eigenvalue weighted by atomic mass is 10.1. The normalized spacial score (nSPS) is 10.4. The molecule has 0 aliphatic heterocycles. The summed E-state index contributed by atoms with van der Waals surface area (Å²) in [4.78, 5) is 24.4. The third-order valence-corrected chi connectivity index (χ3v) is 3.51. The molecule has 0 spiro atoms. The molecule has 24 heavy (non-hydrogen) atoms. The number of methoxy groups -OCH3 is 1. The molecule has 0 unspecified atom stereocenters. The number of rotatable bonds is 5. The summed E-state index contributed by atoms with van der Waals surface area (Å²) in [5.41, 5.74) is 2.50. The largest absolute Gasteiger partial charge is 0.496 e. The van der Waals surface area contributed by atoms with Crippen molar-refractivity contribution in [3.63, 3.8) is 0 Å². The van der Waals surface area contributed by atoms with E-state index < -0.39 is 0 Å². The second kappa shape index (κ2) is 7.64. The Kier molecular flexibility index (Phi) is 5.58. The highest BCUT2D eigenvalue weighted by atomic mass is 16.5. The van der Waals surface area contributed by atoms with Crippen molar-refractivity contribution < 1.29 is 14.3 Å². The Morgan fingerprint density at radius 3 is 2.25 bits per heavy atom. The van der Waals surface area contributed by atoms with Gasteiger partial charge in [0.2, 0.25) is 0 Å². The molecule has 2 rings (SSSR count). The maximum Gasteiger partial charge on any atom is 0.259 e. The lowest BCUT2D eigenvalue weighted by Crippen LogP contribution is -2.30. The lowest BCUT2D eigenvalue weighted by molar-refractivity contribution is 0.0942. The average molecular weight is 326 g/mol. The van der Waals surface area contributed by atoms with Crippen LogP contribution in [0.5, 0.6) is 5.75 Å². The van der Waals surface area contributed by atoms with Crippen molar-refractivity contribution in [1.29, 1.82) is 0 Å². The zero-order valence-corrected chi connectivity index (χ0v) is 14.3. The minimum Gasteiger partial charge on any atom is -0.496 e. The molecule has 0 saturated carbocycles. The molecule has 0 bridgehead atoms. The summed E-state index contributed by atoms with van der Waals surface area (Å²) in [6.45, 7) is 5.67. The third-order valence-electron chi connectivity index (χ3n) is 3.51. The van der Waals surface area contributed by atoms with E-state index in [0.29, 0.717) is 22.6 Å². The zero-order chi connectivity index (χ0) is 17.7. The van der Waals surface area contributed by atoms with Crippen molar-refractivity contribution in [2.75, 3.05) is 12.4 Å². The Bertz CT molecular complexity index is 737. The number of amides is 2. The molecule has 0 radical (unpaired) electrons. The number of ether oxygens (including phenoxy) is 1. The van der Waals surface area contributed by atoms with Gasteiger partial charge in [-0.2, -0.15) is 0 Å². The van der Waals surface area contributed by atoms with E-state index in [0.717, 1.165) is 5.56 Å². The van der Waals surface area contributed by atoms with E-state index in [-0.39, 0.29) is 17.9 Å². The number of hydrogen-bond donors (Lipinski definition) is 2. The van der Waals surface area contributed by atoms with Crippen molar-refractivity contribution in [2.24, 2.45) is 0 Å². The predicted octanol–water partition coefficient (Wildman–Crippen LogP) is 3.39. The number of benzene rings is 2. The van der Waals surface area contributed by atoms with Crippen LogP contribution in [0.1, 0.15) is 40.1 Å². The van der Waals surface area contributed by atoms with Gasteiger partial charge in [0.1, 0.15) is 5.75 Å². The molecule has 0 heterocycles. The van der Waals surface area contributed by atoms with E-state index in [1.54, 1.807) is 30.3 Å². The van der Waals surface area contributed by atoms with Gasteiger partial charge in [0, 0.05) is 17.3 Å². The average Bonchev–Trinajstić information content (AvgIpc) is 2.54. The number of hydrogen-bond acceptors (Lipinski definition) is 3. The molecule has 0 fully saturated rings. The van der Waals surface area contributed by atoms with Crippen LogP contribution in [-0.4, -0.2) is 25.0 Å². The van der Waals surface area contributed by atoms with Crippen LogP contribution >= 0.6 is 0 Å². The smallest absolute Gasteiger partial charge is 0.259 e. The van der Waals surface area contributed by atoms with Crippen molar-refractivity contribution in [3.8, 4) is 5.75 Å². The summed E-state index contributed by atoms with van der Waals surface area (Å²) in [6, 6.07) is 12.3. The zero-order valence-electron chi connectivity index (χ0n) is 14.3. The van der Waals surface area contributed by atoms with E-state index in [4.69, 9.17) is 4.74 Å². The Morgan fingerprint density at radius 1 is 1.00 bits per heavy atom. The van der Waals surface area contributed by atoms with Crippen LogP contribution in [0.15, 0.2) is 42.5 Å². The van der Waals surface area contributed by atoms with E-state index in [9.17, 15) is 9.59 Å². The lowest BCUT2D eigenvalue weighted by Gasteiger charge is -2.12. The van der Waals surface area contributed by atoms with Crippen LogP contribution < -0.4 is 15.4 Å². The first kappa shape index (κ1) is 17.5. The van der Waals surface area contributed by atoms with Gasteiger partial charge in [0.25, 0.3) is 11.8 Å². The molecule has 5 heteroatoms. The Labute approximate surface area is 142 Å². The monoisotopic (exact) mass is 326 g/mol. The summed E-state index contributed by atoms with van der Waals surface area (Å²) >= 11 is 0. The van der Waals surface area contributed by atoms with Crippen molar-refractivity contribution in [2.45, 2.75) is 26.8 Å². The molecule has 2 aromatic carbocycles. The summed E-state index contributed by atoms with van der Waals surface area (Å²) < 4.78 is 5.26. The standard InChI is InChI=1S/C19H22N2O3/c1-12(2)20-18(22)14-8-10-15(11-9-14)21-19(23)17-13(3)6-5-7-16(17)24-4/h5-12H,1-4H3,(H,20,22)(H,21,23). The Balaban J connectivity index is 2.15. The molecule has 0 aliphatic rings. The van der Waals surface area contributed by atoms with E-state index in [2.05, 4.69) is 10.6 Å². The second-order valence-corrected chi connectivity index (χ2v) is 5.81. The van der Waals surface area contributed by atoms with Gasteiger partial charge in [-0.1, -0.05) is 12.1 Å². The van der Waals surface area contributed by atoms with Crippen LogP contribution in [0.3, 0.4) is 0 Å². The maximum absolute atomic E-state index is 12.5. The van der Waals surface area contributed by atoms with Crippen LogP contribution in [0.4, 0.5) is 5.69 Å². The highest BCUT2D eigenvalue weighted by Gasteiger charge is 2.15. The number of carbonyl (C=O) groups is 2. The summed E-state index contributed by atoms with van der Waals surface area (Å²) in [6.07, 6.45) is 0. The highest BCUT2D eigenvalue weighted by molar-refractivity contribution is 6.07. The SMILES string of the molecule is COc1cccc(C)c1C(=O)Nc1ccc(C(=O)NC(C)C)cc1. The fourth-order valence-corrected chi connectivity index (χ4v) is 2.35. The van der Waals surface area contributed by atoms with E-state index in [1.807, 2.05) is 32.9 Å². The number of aryl methyl sites for hydroxylation is 1. The van der Waals surface area contributed by atoms with Gasteiger partial charge < -0.3 is 15.4 Å². The van der Waals surface area contributed by atoms with Gasteiger partial charge in [-0.15, -0.1) is 0 Å². The molecule has 2 N–H and O–H groups in total. The van der Waals surface area contributed by atoms with Gasteiger partial charge in [-0.3, -0.25) is 9.59 Å². The molecular formula is C19H22N2O3. The van der Waals surface area contributed by atoms with Gasteiger partial charge in [0.05, 0.1) is 12.7 Å². The molecular weight excluding hydrogens is 304 g/mol. The van der Waals surface area contributed by atoms with Crippen molar-refractivity contribution in [3.05, 3.63) is 59.2 Å². The van der Waals surface area contributed by atoms with Gasteiger partial charge in [-0.25, -0.2) is 0 Å². The topological polar surface area (TPSA) is 67.4 Å². The molecule has 2 amide bonds. The first-order chi connectivity index (χ1) is 11.4. The minimum atomic E-state index is -0.246. The Hall–Kier alpha value is -2.82. The number of anilines is 1. The molecule has 0 aromatic heterocycles. The van der Waals surface area contributed by atoms with Crippen LogP contribution in [-0.2, 0) is 0 Å². The van der Waals surface area contributed by atoms with Gasteiger partial charge >= 0.3 is 0 Å². The highest BCUT2D eigenvalue weighted by Crippen LogP contribution is 2.23. The molecule has 0 aliphatic carbocycles. The van der Waals surface area contributed by atoms with Crippen molar-refractivity contribution >= 4 is 17.5 Å². The van der Waals surface area contributed by atoms with Crippen LogP contribution in [0, 0.1) is 6.92 Å². The molecule has 126 valence electrons. The third kappa shape index (κ3) is 4.13. The van der Waals surface area contributed by atoms with Crippen LogP contribution in [0.25, 0.3) is 0 Å². The fourth-order valence-electron chi connectivity index (χ4n) is 2.35. The summed E-state index contributed by atoms with van der Waals surface area (Å²) in [7, 11) is 1.54. The van der Waals surface area contributed by atoms with Gasteiger partial charge in [-0.05, 0) is 56.7 Å². The predicted molar refractivity (Wildman–Crippen MR) is 94.7 cm³/mol. The molecule has 2 aromatic rings. The summed E-state index contributed by atoms with van der Waals surface area (Å²) in [5, 5.41) is 5.65. The van der Waals surface area contributed by atoms with E-state index in [1.165, 1.54) is 7.11 Å². The molecule has 0 saturated heterocycles. The van der Waals surface area contributed by atoms with Crippen LogP contribution in [0.2, 0.25) is 0 Å². The first-order valence-electron chi connectivity index (χ1n) is 7.78. The maximum atomic E-state index is 12.5. The van der Waals surface area contributed by atoms with Crippen molar-refractivity contribution in [1.82, 2.24) is 5.32 Å². The quantitative estimate of drug-likeness (QED) is 0.885. The van der Waals surface area contributed by atoms with E-state index >= 15 is 0 Å². The first-order valence-corrected chi connectivity index (χ1v) is 7.78. The number of carbonyl (C=O) groups excluding carboxylic acids is 2. The van der Waals surface area contributed by atoms with Gasteiger partial charge in [0.15, 0.2) is 0 Å². The number of nitrogens with one attached hydrogen (secondary N) is 2. The molecule has 0 atom stereocenters.